The number of nitrogens with zero attached hydrogens (tertiary/aromatic N) is 4. The largest absolute Gasteiger partial charge is 0.495 e. The number of cyclic esters (lactones) is 1. The third kappa shape index (κ3) is 3.79. The van der Waals surface area contributed by atoms with Gasteiger partial charge in [-0.05, 0) is 24.1 Å². The molecule has 5 rings (SSSR count). The quantitative estimate of drug-likeness (QED) is 0.527. The Labute approximate surface area is 199 Å². The van der Waals surface area contributed by atoms with Crippen molar-refractivity contribution in [1.82, 2.24) is 14.9 Å². The molecule has 1 unspecified atom stereocenters. The molecule has 2 aromatic heterocycles. The van der Waals surface area contributed by atoms with Crippen LogP contribution in [-0.2, 0) is 16.1 Å². The van der Waals surface area contributed by atoms with Gasteiger partial charge in [0.05, 0.1) is 32.0 Å². The Kier molecular flexibility index (Phi) is 5.73. The number of hydrogen-bond donors (Lipinski definition) is 0. The lowest BCUT2D eigenvalue weighted by molar-refractivity contribution is -0.0229. The number of nitriles is 1. The maximum Gasteiger partial charge on any atom is 0.338 e. The van der Waals surface area contributed by atoms with E-state index in [-0.39, 0.29) is 24.6 Å². The van der Waals surface area contributed by atoms with Crippen LogP contribution in [0.3, 0.4) is 0 Å². The Bertz CT molecular complexity index is 1350. The summed E-state index contributed by atoms with van der Waals surface area (Å²) >= 11 is 1.24. The number of fused-ring (bicyclic) bond motifs is 1. The molecule has 3 aromatic rings. The minimum atomic E-state index is -0.304. The van der Waals surface area contributed by atoms with Crippen molar-refractivity contribution in [3.8, 4) is 22.5 Å². The van der Waals surface area contributed by atoms with Gasteiger partial charge >= 0.3 is 5.97 Å². The van der Waals surface area contributed by atoms with E-state index < -0.39 is 0 Å². The minimum absolute atomic E-state index is 0.130. The van der Waals surface area contributed by atoms with E-state index in [1.807, 2.05) is 19.1 Å². The van der Waals surface area contributed by atoms with Gasteiger partial charge in [-0.3, -0.25) is 9.78 Å². The van der Waals surface area contributed by atoms with Crippen LogP contribution in [0.4, 0.5) is 0 Å². The van der Waals surface area contributed by atoms with E-state index in [1.165, 1.54) is 24.6 Å². The molecule has 1 fully saturated rings. The molecule has 1 saturated heterocycles. The number of methoxy groups -OCH3 is 1. The Morgan fingerprint density at radius 2 is 2.18 bits per heavy atom. The van der Waals surface area contributed by atoms with Crippen molar-refractivity contribution >= 4 is 23.2 Å². The minimum Gasteiger partial charge on any atom is -0.495 e. The highest BCUT2D eigenvalue weighted by atomic mass is 32.1. The lowest BCUT2D eigenvalue weighted by atomic mass is 9.94. The van der Waals surface area contributed by atoms with E-state index in [4.69, 9.17) is 19.5 Å². The molecule has 1 amide bonds. The molecular weight excluding hydrogens is 456 g/mol. The SMILES string of the molecule is COc1cc(-c2ncc(C(=O)N3CCOC(c4ccc5c(c4C)COC5=O)C3)s2)ncc1C#N. The number of ether oxygens (including phenoxy) is 3. The first-order chi connectivity index (χ1) is 16.5. The Balaban J connectivity index is 1.35. The van der Waals surface area contributed by atoms with Crippen molar-refractivity contribution in [2.24, 2.45) is 0 Å². The third-order valence-corrected chi connectivity index (χ3v) is 7.06. The van der Waals surface area contributed by atoms with Gasteiger partial charge < -0.3 is 19.1 Å². The summed E-state index contributed by atoms with van der Waals surface area (Å²) in [5.41, 5.74) is 4.25. The fourth-order valence-corrected chi connectivity index (χ4v) is 5.04. The van der Waals surface area contributed by atoms with Crippen molar-refractivity contribution in [2.45, 2.75) is 19.6 Å². The number of carbonyl (C=O) groups is 2. The molecule has 34 heavy (non-hydrogen) atoms. The summed E-state index contributed by atoms with van der Waals surface area (Å²) in [7, 11) is 1.49. The van der Waals surface area contributed by atoms with Gasteiger partial charge in [-0.1, -0.05) is 6.07 Å². The number of pyridine rings is 1. The van der Waals surface area contributed by atoms with E-state index in [1.54, 1.807) is 23.2 Å². The molecule has 10 heteroatoms. The van der Waals surface area contributed by atoms with E-state index in [0.29, 0.717) is 52.2 Å². The van der Waals surface area contributed by atoms with Crippen molar-refractivity contribution in [3.05, 3.63) is 63.3 Å². The number of amides is 1. The summed E-state index contributed by atoms with van der Waals surface area (Å²) in [4.78, 5) is 36.0. The molecule has 2 aliphatic rings. The zero-order chi connectivity index (χ0) is 23.8. The second kappa shape index (κ2) is 8.85. The third-order valence-electron chi connectivity index (χ3n) is 6.05. The highest BCUT2D eigenvalue weighted by Gasteiger charge is 2.31. The van der Waals surface area contributed by atoms with Crippen LogP contribution in [0.15, 0.2) is 30.6 Å². The van der Waals surface area contributed by atoms with Crippen molar-refractivity contribution in [2.75, 3.05) is 26.8 Å². The van der Waals surface area contributed by atoms with Crippen LogP contribution in [0.25, 0.3) is 10.7 Å². The van der Waals surface area contributed by atoms with E-state index in [0.717, 1.165) is 16.7 Å². The van der Waals surface area contributed by atoms with Crippen LogP contribution in [0.1, 0.15) is 48.4 Å². The van der Waals surface area contributed by atoms with Crippen LogP contribution < -0.4 is 4.74 Å². The highest BCUT2D eigenvalue weighted by Crippen LogP contribution is 2.33. The van der Waals surface area contributed by atoms with E-state index in [2.05, 4.69) is 9.97 Å². The van der Waals surface area contributed by atoms with Crippen LogP contribution in [0, 0.1) is 18.3 Å². The van der Waals surface area contributed by atoms with Crippen LogP contribution in [-0.4, -0.2) is 53.6 Å². The Morgan fingerprint density at radius 3 is 2.97 bits per heavy atom. The van der Waals surface area contributed by atoms with Crippen molar-refractivity contribution in [3.63, 3.8) is 0 Å². The van der Waals surface area contributed by atoms with Gasteiger partial charge in [0, 0.05) is 24.4 Å². The topological polar surface area (TPSA) is 115 Å². The molecule has 0 N–H and O–H groups in total. The summed E-state index contributed by atoms with van der Waals surface area (Å²) in [5, 5.41) is 9.71. The molecule has 0 bridgehead atoms. The summed E-state index contributed by atoms with van der Waals surface area (Å²) in [5.74, 6) is -0.0280. The highest BCUT2D eigenvalue weighted by molar-refractivity contribution is 7.16. The lowest BCUT2D eigenvalue weighted by Gasteiger charge is -2.33. The smallest absolute Gasteiger partial charge is 0.338 e. The molecule has 0 aliphatic carbocycles. The number of thiazole rings is 1. The molecule has 9 nitrogen and oxygen atoms in total. The fraction of sp³-hybridized carbons (Fsp3) is 0.292. The zero-order valence-corrected chi connectivity index (χ0v) is 19.3. The van der Waals surface area contributed by atoms with Crippen LogP contribution in [0.5, 0.6) is 5.75 Å². The maximum atomic E-state index is 13.2. The fourth-order valence-electron chi connectivity index (χ4n) is 4.19. The molecule has 0 radical (unpaired) electrons. The van der Waals surface area contributed by atoms with Gasteiger partial charge in [-0.25, -0.2) is 9.78 Å². The molecule has 4 heterocycles. The summed E-state index contributed by atoms with van der Waals surface area (Å²) in [6.45, 7) is 3.48. The molecular formula is C24H20N4O5S. The summed E-state index contributed by atoms with van der Waals surface area (Å²) in [6, 6.07) is 7.32. The van der Waals surface area contributed by atoms with E-state index in [9.17, 15) is 9.59 Å². The Morgan fingerprint density at radius 1 is 1.32 bits per heavy atom. The van der Waals surface area contributed by atoms with Gasteiger partial charge in [0.25, 0.3) is 5.91 Å². The molecule has 1 aromatic carbocycles. The summed E-state index contributed by atoms with van der Waals surface area (Å²) < 4.78 is 16.4. The van der Waals surface area contributed by atoms with Gasteiger partial charge in [0.1, 0.15) is 45.7 Å². The maximum absolute atomic E-state index is 13.2. The lowest BCUT2D eigenvalue weighted by Crippen LogP contribution is -2.42. The van der Waals surface area contributed by atoms with Gasteiger partial charge in [-0.15, -0.1) is 11.3 Å². The molecule has 0 spiro atoms. The number of morpholine rings is 1. The summed E-state index contributed by atoms with van der Waals surface area (Å²) in [6.07, 6.45) is 2.68. The average molecular weight is 477 g/mol. The Hall–Kier alpha value is -3.81. The number of esters is 1. The van der Waals surface area contributed by atoms with Crippen molar-refractivity contribution < 1.29 is 23.8 Å². The van der Waals surface area contributed by atoms with Gasteiger partial charge in [0.2, 0.25) is 0 Å². The van der Waals surface area contributed by atoms with Gasteiger partial charge in [-0.2, -0.15) is 5.26 Å². The van der Waals surface area contributed by atoms with Gasteiger partial charge in [0.15, 0.2) is 0 Å². The monoisotopic (exact) mass is 476 g/mol. The predicted molar refractivity (Wildman–Crippen MR) is 122 cm³/mol. The second-order valence-electron chi connectivity index (χ2n) is 7.90. The predicted octanol–water partition coefficient (Wildman–Crippen LogP) is 3.28. The average Bonchev–Trinajstić information content (AvgIpc) is 3.51. The second-order valence-corrected chi connectivity index (χ2v) is 8.93. The number of aromatic nitrogens is 2. The van der Waals surface area contributed by atoms with Crippen LogP contribution in [0.2, 0.25) is 0 Å². The molecule has 1 atom stereocenters. The first-order valence-corrected chi connectivity index (χ1v) is 11.4. The first kappa shape index (κ1) is 22.0. The zero-order valence-electron chi connectivity index (χ0n) is 18.5. The van der Waals surface area contributed by atoms with Crippen molar-refractivity contribution in [1.29, 1.82) is 5.26 Å². The number of hydrogen-bond acceptors (Lipinski definition) is 9. The number of rotatable bonds is 4. The van der Waals surface area contributed by atoms with Crippen LogP contribution >= 0.6 is 11.3 Å². The molecule has 172 valence electrons. The standard InChI is InChI=1S/C24H20N4O5S/c1-13-15(3-4-16-17(13)12-33-24(16)30)20-11-28(5-6-32-20)23(29)21-10-27-22(34-21)18-7-19(31-2)14(8-25)9-26-18/h3-4,7,9-10,20H,5-6,11-12H2,1-2H3. The molecule has 2 aliphatic heterocycles. The molecule has 0 saturated carbocycles. The first-order valence-electron chi connectivity index (χ1n) is 10.6. The van der Waals surface area contributed by atoms with E-state index >= 15 is 0 Å². The number of carbonyl (C=O) groups excluding carboxylic acids is 2. The number of benzene rings is 1. The normalized spacial score (nSPS) is 17.1.